The van der Waals surface area contributed by atoms with Gasteiger partial charge in [0, 0.05) is 31.5 Å². The molecular formula is C18H22N4O2S. The molecule has 0 saturated carbocycles. The minimum atomic E-state index is 0.0618. The van der Waals surface area contributed by atoms with E-state index >= 15 is 0 Å². The molecule has 0 atom stereocenters. The third-order valence-electron chi connectivity index (χ3n) is 5.39. The van der Waals surface area contributed by atoms with Gasteiger partial charge in [-0.3, -0.25) is 9.69 Å². The van der Waals surface area contributed by atoms with Gasteiger partial charge in [0.1, 0.15) is 5.01 Å². The van der Waals surface area contributed by atoms with E-state index in [2.05, 4.69) is 10.00 Å². The van der Waals surface area contributed by atoms with E-state index in [1.54, 1.807) is 22.1 Å². The number of likely N-dealkylation sites (tertiary alicyclic amines) is 1. The zero-order chi connectivity index (χ0) is 16.8. The molecule has 6 nitrogen and oxygen atoms in total. The molecule has 0 N–H and O–H groups in total. The Kier molecular flexibility index (Phi) is 3.95. The average Bonchev–Trinajstić information content (AvgIpc) is 3.18. The molecule has 2 aliphatic heterocycles. The van der Waals surface area contributed by atoms with Gasteiger partial charge < -0.3 is 4.74 Å². The molecule has 0 unspecified atom stereocenters. The SMILES string of the molecule is O=c1cc2c(nn1CC1CN(Cc3nc4c(s3)COCC4)C1)CCC2. The van der Waals surface area contributed by atoms with Gasteiger partial charge in [-0.25, -0.2) is 9.67 Å². The smallest absolute Gasteiger partial charge is 0.267 e. The minimum absolute atomic E-state index is 0.0618. The fraction of sp³-hybridized carbons (Fsp3) is 0.611. The summed E-state index contributed by atoms with van der Waals surface area (Å²) in [5.41, 5.74) is 3.59. The van der Waals surface area contributed by atoms with Crippen molar-refractivity contribution in [3.63, 3.8) is 0 Å². The number of ether oxygens (including phenoxy) is 1. The lowest BCUT2D eigenvalue weighted by Crippen LogP contribution is -2.49. The normalized spacial score (nSPS) is 20.3. The Morgan fingerprint density at radius 2 is 2.16 bits per heavy atom. The minimum Gasteiger partial charge on any atom is -0.375 e. The summed E-state index contributed by atoms with van der Waals surface area (Å²) in [5.74, 6) is 0.516. The van der Waals surface area contributed by atoms with Crippen molar-refractivity contribution in [1.29, 1.82) is 0 Å². The van der Waals surface area contributed by atoms with Crippen LogP contribution in [-0.4, -0.2) is 39.4 Å². The summed E-state index contributed by atoms with van der Waals surface area (Å²) in [6.07, 6.45) is 4.11. The van der Waals surface area contributed by atoms with Gasteiger partial charge >= 0.3 is 0 Å². The molecule has 0 amide bonds. The highest BCUT2D eigenvalue weighted by Crippen LogP contribution is 2.27. The van der Waals surface area contributed by atoms with Crippen LogP contribution in [0.1, 0.15) is 33.3 Å². The number of fused-ring (bicyclic) bond motifs is 2. The van der Waals surface area contributed by atoms with Crippen LogP contribution in [0.15, 0.2) is 10.9 Å². The van der Waals surface area contributed by atoms with Gasteiger partial charge in [0.2, 0.25) is 0 Å². The van der Waals surface area contributed by atoms with Gasteiger partial charge in [0.05, 0.1) is 42.6 Å². The quantitative estimate of drug-likeness (QED) is 0.827. The highest BCUT2D eigenvalue weighted by Gasteiger charge is 2.29. The van der Waals surface area contributed by atoms with Crippen LogP contribution in [0.25, 0.3) is 0 Å². The molecule has 4 heterocycles. The van der Waals surface area contributed by atoms with Crippen LogP contribution in [0, 0.1) is 5.92 Å². The predicted octanol–water partition coefficient (Wildman–Crippen LogP) is 1.39. The van der Waals surface area contributed by atoms with Crippen molar-refractivity contribution >= 4 is 11.3 Å². The van der Waals surface area contributed by atoms with Gasteiger partial charge in [0.25, 0.3) is 5.56 Å². The summed E-state index contributed by atoms with van der Waals surface area (Å²) >= 11 is 1.79. The van der Waals surface area contributed by atoms with Crippen molar-refractivity contribution < 1.29 is 4.74 Å². The first-order chi connectivity index (χ1) is 12.2. The zero-order valence-electron chi connectivity index (χ0n) is 14.2. The predicted molar refractivity (Wildman–Crippen MR) is 94.8 cm³/mol. The molecule has 2 aromatic rings. The van der Waals surface area contributed by atoms with E-state index in [-0.39, 0.29) is 5.56 Å². The first-order valence-electron chi connectivity index (χ1n) is 9.12. The Balaban J connectivity index is 1.18. The van der Waals surface area contributed by atoms with Gasteiger partial charge in [-0.05, 0) is 24.8 Å². The molecule has 1 saturated heterocycles. The molecule has 0 bridgehead atoms. The number of hydrogen-bond donors (Lipinski definition) is 0. The average molecular weight is 358 g/mol. The maximum atomic E-state index is 12.2. The van der Waals surface area contributed by atoms with Gasteiger partial charge in [-0.1, -0.05) is 0 Å². The Hall–Kier alpha value is -1.57. The Morgan fingerprint density at radius 3 is 3.04 bits per heavy atom. The van der Waals surface area contributed by atoms with Crippen LogP contribution < -0.4 is 5.56 Å². The molecule has 5 rings (SSSR count). The third-order valence-corrected chi connectivity index (χ3v) is 6.44. The van der Waals surface area contributed by atoms with Crippen LogP contribution in [0.3, 0.4) is 0 Å². The number of hydrogen-bond acceptors (Lipinski definition) is 6. The van der Waals surface area contributed by atoms with Crippen molar-refractivity contribution in [1.82, 2.24) is 19.7 Å². The van der Waals surface area contributed by atoms with Crippen molar-refractivity contribution in [2.75, 3.05) is 19.7 Å². The fourth-order valence-electron chi connectivity index (χ4n) is 4.07. The van der Waals surface area contributed by atoms with Crippen molar-refractivity contribution in [2.24, 2.45) is 5.92 Å². The van der Waals surface area contributed by atoms with E-state index in [4.69, 9.17) is 9.72 Å². The lowest BCUT2D eigenvalue weighted by molar-refractivity contribution is 0.0763. The second-order valence-corrected chi connectivity index (χ2v) is 8.50. The van der Waals surface area contributed by atoms with E-state index in [1.165, 1.54) is 15.6 Å². The van der Waals surface area contributed by atoms with Gasteiger partial charge in [-0.2, -0.15) is 5.10 Å². The lowest BCUT2D eigenvalue weighted by atomic mass is 10.0. The molecule has 1 aliphatic carbocycles. The number of nitrogens with zero attached hydrogens (tertiary/aromatic N) is 4. The molecule has 25 heavy (non-hydrogen) atoms. The summed E-state index contributed by atoms with van der Waals surface area (Å²) in [6.45, 7) is 5.22. The molecule has 2 aromatic heterocycles. The maximum absolute atomic E-state index is 12.2. The lowest BCUT2D eigenvalue weighted by Gasteiger charge is -2.38. The third kappa shape index (κ3) is 3.05. The van der Waals surface area contributed by atoms with Gasteiger partial charge in [-0.15, -0.1) is 11.3 Å². The number of rotatable bonds is 4. The zero-order valence-corrected chi connectivity index (χ0v) is 15.1. The molecule has 3 aliphatic rings. The molecule has 1 fully saturated rings. The molecule has 0 radical (unpaired) electrons. The van der Waals surface area contributed by atoms with Crippen LogP contribution in [0.4, 0.5) is 0 Å². The highest BCUT2D eigenvalue weighted by molar-refractivity contribution is 7.11. The molecule has 7 heteroatoms. The molecular weight excluding hydrogens is 336 g/mol. The largest absolute Gasteiger partial charge is 0.375 e. The summed E-state index contributed by atoms with van der Waals surface area (Å²) in [5, 5.41) is 5.79. The van der Waals surface area contributed by atoms with E-state index in [0.29, 0.717) is 5.92 Å². The number of aryl methyl sites for hydroxylation is 2. The first-order valence-corrected chi connectivity index (χ1v) is 9.94. The van der Waals surface area contributed by atoms with Crippen molar-refractivity contribution in [3.8, 4) is 0 Å². The Morgan fingerprint density at radius 1 is 1.24 bits per heavy atom. The van der Waals surface area contributed by atoms with E-state index in [1.807, 2.05) is 0 Å². The van der Waals surface area contributed by atoms with E-state index < -0.39 is 0 Å². The number of aromatic nitrogens is 3. The van der Waals surface area contributed by atoms with E-state index in [0.717, 1.165) is 76.3 Å². The monoisotopic (exact) mass is 358 g/mol. The first kappa shape index (κ1) is 15.7. The molecule has 0 spiro atoms. The maximum Gasteiger partial charge on any atom is 0.267 e. The standard InChI is InChI=1S/C18H22N4O2S/c23-18-6-13-2-1-3-14(13)20-22(18)9-12-7-21(8-12)10-17-19-15-4-5-24-11-16(15)25-17/h6,12H,1-5,7-11H2. The second kappa shape index (κ2) is 6.30. The Bertz CT molecular complexity index is 830. The fourth-order valence-corrected chi connectivity index (χ4v) is 5.17. The Labute approximate surface area is 150 Å². The van der Waals surface area contributed by atoms with Crippen molar-refractivity contribution in [2.45, 2.75) is 45.4 Å². The van der Waals surface area contributed by atoms with Crippen LogP contribution >= 0.6 is 11.3 Å². The van der Waals surface area contributed by atoms with Crippen LogP contribution in [0.5, 0.6) is 0 Å². The highest BCUT2D eigenvalue weighted by atomic mass is 32.1. The van der Waals surface area contributed by atoms with E-state index in [9.17, 15) is 4.79 Å². The summed E-state index contributed by atoms with van der Waals surface area (Å²) < 4.78 is 7.18. The summed E-state index contributed by atoms with van der Waals surface area (Å²) in [7, 11) is 0. The van der Waals surface area contributed by atoms with Gasteiger partial charge in [0.15, 0.2) is 0 Å². The van der Waals surface area contributed by atoms with Crippen LogP contribution in [-0.2, 0) is 43.7 Å². The molecule has 0 aromatic carbocycles. The summed E-state index contributed by atoms with van der Waals surface area (Å²) in [6, 6.07) is 1.80. The van der Waals surface area contributed by atoms with Crippen molar-refractivity contribution in [3.05, 3.63) is 43.3 Å². The van der Waals surface area contributed by atoms with Crippen LogP contribution in [0.2, 0.25) is 0 Å². The molecule has 132 valence electrons. The summed E-state index contributed by atoms with van der Waals surface area (Å²) in [4.78, 5) is 20.7. The second-order valence-electron chi connectivity index (χ2n) is 7.33. The topological polar surface area (TPSA) is 60.2 Å². The number of thiazole rings is 1.